The van der Waals surface area contributed by atoms with Crippen LogP contribution in [0.5, 0.6) is 5.75 Å². The van der Waals surface area contributed by atoms with Gasteiger partial charge in [-0.1, -0.05) is 12.1 Å². The van der Waals surface area contributed by atoms with Gasteiger partial charge in [0.25, 0.3) is 0 Å². The first-order valence-corrected chi connectivity index (χ1v) is 6.46. The van der Waals surface area contributed by atoms with Gasteiger partial charge in [-0.3, -0.25) is 19.9 Å². The molecular formula is C15H14N2O4. The number of nitro benzene ring substituents is 1. The van der Waals surface area contributed by atoms with Gasteiger partial charge >= 0.3 is 5.69 Å². The van der Waals surface area contributed by atoms with Crippen molar-refractivity contribution in [2.24, 2.45) is 0 Å². The molecule has 0 saturated carbocycles. The zero-order chi connectivity index (χ0) is 15.2. The van der Waals surface area contributed by atoms with Crippen molar-refractivity contribution in [3.63, 3.8) is 0 Å². The molecule has 0 amide bonds. The van der Waals surface area contributed by atoms with Crippen LogP contribution in [0.4, 0.5) is 5.69 Å². The highest BCUT2D eigenvalue weighted by atomic mass is 16.6. The Kier molecular flexibility index (Phi) is 4.61. The molecule has 0 unspecified atom stereocenters. The number of benzene rings is 1. The summed E-state index contributed by atoms with van der Waals surface area (Å²) in [5.74, 6) is -0.244. The second-order valence-electron chi connectivity index (χ2n) is 4.26. The summed E-state index contributed by atoms with van der Waals surface area (Å²) in [7, 11) is 0. The molecule has 0 aliphatic rings. The third-order valence-corrected chi connectivity index (χ3v) is 2.85. The topological polar surface area (TPSA) is 82.3 Å². The lowest BCUT2D eigenvalue weighted by molar-refractivity contribution is -0.385. The minimum atomic E-state index is -0.553. The van der Waals surface area contributed by atoms with Crippen molar-refractivity contribution in [3.8, 4) is 5.75 Å². The van der Waals surface area contributed by atoms with Gasteiger partial charge in [-0.15, -0.1) is 0 Å². The van der Waals surface area contributed by atoms with Gasteiger partial charge in [0.2, 0.25) is 5.75 Å². The quantitative estimate of drug-likeness (QED) is 0.463. The van der Waals surface area contributed by atoms with Crippen molar-refractivity contribution in [2.45, 2.75) is 13.3 Å². The van der Waals surface area contributed by atoms with Gasteiger partial charge in [-0.05, 0) is 25.1 Å². The first-order chi connectivity index (χ1) is 10.1. The van der Waals surface area contributed by atoms with Gasteiger partial charge in [-0.2, -0.15) is 0 Å². The molecule has 108 valence electrons. The van der Waals surface area contributed by atoms with E-state index >= 15 is 0 Å². The monoisotopic (exact) mass is 286 g/mol. The molecule has 0 bridgehead atoms. The summed E-state index contributed by atoms with van der Waals surface area (Å²) in [5.41, 5.74) is 0.608. The fraction of sp³-hybridized carbons (Fsp3) is 0.200. The summed E-state index contributed by atoms with van der Waals surface area (Å²) in [6.45, 7) is 1.96. The number of hydrogen-bond donors (Lipinski definition) is 0. The maximum Gasteiger partial charge on any atom is 0.311 e. The Morgan fingerprint density at radius 3 is 2.71 bits per heavy atom. The van der Waals surface area contributed by atoms with Gasteiger partial charge in [0.1, 0.15) is 0 Å². The Labute approximate surface area is 121 Å². The van der Waals surface area contributed by atoms with Gasteiger partial charge in [0, 0.05) is 18.0 Å². The average Bonchev–Trinajstić information content (AvgIpc) is 2.48. The smallest absolute Gasteiger partial charge is 0.311 e. The molecule has 2 aromatic rings. The third kappa shape index (κ3) is 3.42. The van der Waals surface area contributed by atoms with Crippen LogP contribution in [0.15, 0.2) is 42.6 Å². The molecule has 1 aromatic carbocycles. The first-order valence-electron chi connectivity index (χ1n) is 6.46. The van der Waals surface area contributed by atoms with Crippen LogP contribution >= 0.6 is 0 Å². The fourth-order valence-corrected chi connectivity index (χ4v) is 1.95. The molecule has 1 aromatic heterocycles. The molecule has 6 heteroatoms. The van der Waals surface area contributed by atoms with Gasteiger partial charge in [-0.25, -0.2) is 0 Å². The highest BCUT2D eigenvalue weighted by molar-refractivity contribution is 6.00. The van der Waals surface area contributed by atoms with Crippen LogP contribution in [-0.2, 0) is 6.42 Å². The summed E-state index contributed by atoms with van der Waals surface area (Å²) in [6, 6.07) is 9.60. The highest BCUT2D eigenvalue weighted by Gasteiger charge is 2.23. The Morgan fingerprint density at radius 1 is 1.29 bits per heavy atom. The number of Topliss-reactive ketones (excluding diaryl/α,β-unsaturated/α-hetero) is 1. The van der Waals surface area contributed by atoms with Crippen molar-refractivity contribution in [3.05, 3.63) is 64.0 Å². The molecule has 0 atom stereocenters. The molecule has 21 heavy (non-hydrogen) atoms. The van der Waals surface area contributed by atoms with E-state index in [1.165, 1.54) is 18.2 Å². The lowest BCUT2D eigenvalue weighted by Crippen LogP contribution is -2.09. The first kappa shape index (κ1) is 14.6. The normalized spacial score (nSPS) is 10.1. The second-order valence-corrected chi connectivity index (χ2v) is 4.26. The molecule has 2 rings (SSSR count). The molecule has 6 nitrogen and oxygen atoms in total. The average molecular weight is 286 g/mol. The Balaban J connectivity index is 2.36. The van der Waals surface area contributed by atoms with Crippen molar-refractivity contribution < 1.29 is 14.5 Å². The minimum Gasteiger partial charge on any atom is -0.487 e. The fourth-order valence-electron chi connectivity index (χ4n) is 1.95. The van der Waals surface area contributed by atoms with E-state index < -0.39 is 4.92 Å². The van der Waals surface area contributed by atoms with E-state index in [0.29, 0.717) is 5.69 Å². The molecule has 0 spiro atoms. The highest BCUT2D eigenvalue weighted by Crippen LogP contribution is 2.31. The molecule has 0 fully saturated rings. The van der Waals surface area contributed by atoms with Gasteiger partial charge in [0.05, 0.1) is 23.5 Å². The number of ether oxygens (including phenoxy) is 1. The number of hydrogen-bond acceptors (Lipinski definition) is 5. The van der Waals surface area contributed by atoms with Gasteiger partial charge < -0.3 is 4.74 Å². The summed E-state index contributed by atoms with van der Waals surface area (Å²) < 4.78 is 5.31. The predicted molar refractivity (Wildman–Crippen MR) is 76.5 cm³/mol. The number of aromatic nitrogens is 1. The number of nitrogens with zero attached hydrogens (tertiary/aromatic N) is 2. The van der Waals surface area contributed by atoms with Crippen molar-refractivity contribution in [2.75, 3.05) is 6.61 Å². The van der Waals surface area contributed by atoms with E-state index in [-0.39, 0.29) is 35.8 Å². The number of carbonyl (C=O) groups excluding carboxylic acids is 1. The molecule has 0 aliphatic carbocycles. The summed E-state index contributed by atoms with van der Waals surface area (Å²) in [6.07, 6.45) is 1.67. The van der Waals surface area contributed by atoms with E-state index in [1.807, 2.05) is 0 Å². The third-order valence-electron chi connectivity index (χ3n) is 2.85. The zero-order valence-electron chi connectivity index (χ0n) is 11.5. The molecule has 1 heterocycles. The minimum absolute atomic E-state index is 0.0194. The number of para-hydroxylation sites is 1. The second kappa shape index (κ2) is 6.60. The number of ketones is 1. The summed E-state index contributed by atoms with van der Waals surface area (Å²) >= 11 is 0. The molecule has 0 radical (unpaired) electrons. The van der Waals surface area contributed by atoms with Crippen LogP contribution in [0.3, 0.4) is 0 Å². The van der Waals surface area contributed by atoms with Crippen molar-refractivity contribution in [1.82, 2.24) is 4.98 Å². The predicted octanol–water partition coefficient (Wildman–Crippen LogP) is 2.81. The molecule has 0 aliphatic heterocycles. The SMILES string of the molecule is CCOc1c(C(=O)Cc2ccccn2)cccc1[N+](=O)[O-]. The van der Waals surface area contributed by atoms with Crippen molar-refractivity contribution >= 4 is 11.5 Å². The number of rotatable bonds is 6. The molecule has 0 N–H and O–H groups in total. The van der Waals surface area contributed by atoms with E-state index in [2.05, 4.69) is 4.98 Å². The van der Waals surface area contributed by atoms with Crippen LogP contribution < -0.4 is 4.74 Å². The van der Waals surface area contributed by atoms with Gasteiger partial charge in [0.15, 0.2) is 5.78 Å². The van der Waals surface area contributed by atoms with E-state index in [1.54, 1.807) is 31.3 Å². The Hall–Kier alpha value is -2.76. The maximum atomic E-state index is 12.3. The standard InChI is InChI=1S/C15H14N2O4/c1-2-21-15-12(7-5-8-13(15)17(19)20)14(18)10-11-6-3-4-9-16-11/h3-9H,2,10H2,1H3. The van der Waals surface area contributed by atoms with Crippen LogP contribution in [0.1, 0.15) is 23.0 Å². The van der Waals surface area contributed by atoms with Crippen LogP contribution in [0, 0.1) is 10.1 Å². The summed E-state index contributed by atoms with van der Waals surface area (Å²) in [4.78, 5) is 26.9. The lowest BCUT2D eigenvalue weighted by Gasteiger charge is -2.09. The van der Waals surface area contributed by atoms with E-state index in [4.69, 9.17) is 4.74 Å². The Morgan fingerprint density at radius 2 is 2.10 bits per heavy atom. The van der Waals surface area contributed by atoms with Crippen LogP contribution in [0.25, 0.3) is 0 Å². The Bertz CT molecular complexity index is 656. The number of pyridine rings is 1. The van der Waals surface area contributed by atoms with E-state index in [9.17, 15) is 14.9 Å². The van der Waals surface area contributed by atoms with Crippen LogP contribution in [0.2, 0.25) is 0 Å². The largest absolute Gasteiger partial charge is 0.487 e. The lowest BCUT2D eigenvalue weighted by atomic mass is 10.0. The number of nitro groups is 1. The molecular weight excluding hydrogens is 272 g/mol. The van der Waals surface area contributed by atoms with Crippen molar-refractivity contribution in [1.29, 1.82) is 0 Å². The molecule has 0 saturated heterocycles. The number of carbonyl (C=O) groups is 1. The maximum absolute atomic E-state index is 12.3. The zero-order valence-corrected chi connectivity index (χ0v) is 11.5. The van der Waals surface area contributed by atoms with E-state index in [0.717, 1.165) is 0 Å². The summed E-state index contributed by atoms with van der Waals surface area (Å²) in [5, 5.41) is 11.0. The van der Waals surface area contributed by atoms with Crippen LogP contribution in [-0.4, -0.2) is 22.3 Å².